The van der Waals surface area contributed by atoms with Crippen molar-refractivity contribution in [2.75, 3.05) is 39.3 Å². The molecule has 1 unspecified atom stereocenters. The van der Waals surface area contributed by atoms with Gasteiger partial charge < -0.3 is 34.4 Å². The molecule has 2 saturated heterocycles. The van der Waals surface area contributed by atoms with E-state index in [4.69, 9.17) is 9.47 Å². The monoisotopic (exact) mass is 797 g/mol. The van der Waals surface area contributed by atoms with Gasteiger partial charge in [0.25, 0.3) is 0 Å². The van der Waals surface area contributed by atoms with E-state index in [1.807, 2.05) is 9.80 Å². The normalized spacial score (nSPS) is 16.4. The quantitative estimate of drug-likeness (QED) is 0.175. The minimum atomic E-state index is -4.30. The Labute approximate surface area is 330 Å². The van der Waals surface area contributed by atoms with Crippen molar-refractivity contribution in [3.8, 4) is 0 Å². The van der Waals surface area contributed by atoms with Crippen molar-refractivity contribution in [1.29, 1.82) is 0 Å². The Bertz CT molecular complexity index is 1710. The minimum absolute atomic E-state index is 0.0253. The molecule has 0 radical (unpaired) electrons. The summed E-state index contributed by atoms with van der Waals surface area (Å²) in [7, 11) is 0. The van der Waals surface area contributed by atoms with Crippen LogP contribution in [-0.2, 0) is 31.7 Å². The lowest BCUT2D eigenvalue weighted by Crippen LogP contribution is -2.49. The smallest absolute Gasteiger partial charge is 0.416 e. The Kier molecular flexibility index (Phi) is 16.5. The van der Waals surface area contributed by atoms with Crippen LogP contribution in [-0.4, -0.2) is 112 Å². The van der Waals surface area contributed by atoms with Gasteiger partial charge in [-0.1, -0.05) is 61.5 Å². The van der Waals surface area contributed by atoms with Crippen molar-refractivity contribution in [3.05, 3.63) is 107 Å². The average Bonchev–Trinajstić information content (AvgIpc) is 3.21. The molecule has 12 nitrogen and oxygen atoms in total. The topological polar surface area (TPSA) is 154 Å². The highest BCUT2D eigenvalue weighted by atomic mass is 19.4. The van der Waals surface area contributed by atoms with Crippen molar-refractivity contribution in [3.63, 3.8) is 0 Å². The van der Waals surface area contributed by atoms with Crippen LogP contribution in [0.5, 0.6) is 0 Å². The fourth-order valence-corrected chi connectivity index (χ4v) is 6.89. The molecule has 0 saturated carbocycles. The van der Waals surface area contributed by atoms with Crippen molar-refractivity contribution in [1.82, 2.24) is 14.7 Å². The third-order valence-electron chi connectivity index (χ3n) is 10.1. The van der Waals surface area contributed by atoms with Gasteiger partial charge in [-0.25, -0.2) is 24.0 Å². The number of urea groups is 1. The molecule has 3 aromatic carbocycles. The number of esters is 2. The number of amides is 2. The number of carbonyl (C=O) groups is 5. The second-order valence-corrected chi connectivity index (χ2v) is 14.2. The van der Waals surface area contributed by atoms with E-state index >= 15 is 0 Å². The number of nitrogens with zero attached hydrogens (tertiary/aromatic N) is 3. The molecule has 2 fully saturated rings. The molecule has 308 valence electrons. The summed E-state index contributed by atoms with van der Waals surface area (Å²) in [5.74, 6) is -5.11. The number of piperidine rings is 2. The summed E-state index contributed by atoms with van der Waals surface area (Å²) in [6, 6.07) is 20.9. The van der Waals surface area contributed by atoms with E-state index in [1.54, 1.807) is 18.2 Å². The maximum absolute atomic E-state index is 13.0. The molecular weight excluding hydrogens is 747 g/mol. The number of carboxylic acid groups (broad SMARTS) is 2. The van der Waals surface area contributed by atoms with Gasteiger partial charge in [-0.2, -0.15) is 13.2 Å². The number of carbonyl (C=O) groups excluding carboxylic acids is 3. The van der Waals surface area contributed by atoms with Crippen LogP contribution in [0.2, 0.25) is 0 Å². The lowest BCUT2D eigenvalue weighted by molar-refractivity contribution is -0.166. The van der Waals surface area contributed by atoms with E-state index < -0.39 is 47.8 Å². The number of halogens is 3. The lowest BCUT2D eigenvalue weighted by atomic mass is 9.95. The van der Waals surface area contributed by atoms with Crippen LogP contribution >= 0.6 is 0 Å². The largest absolute Gasteiger partial charge is 0.478 e. The maximum atomic E-state index is 13.0. The number of rotatable bonds is 13. The second-order valence-electron chi connectivity index (χ2n) is 14.2. The zero-order valence-electron chi connectivity index (χ0n) is 32.1. The van der Waals surface area contributed by atoms with Gasteiger partial charge in [0.15, 0.2) is 0 Å². The molecular formula is C42H50F3N3O9. The number of likely N-dealkylation sites (tertiary alicyclic amines) is 2. The zero-order valence-corrected chi connectivity index (χ0v) is 32.1. The molecule has 0 bridgehead atoms. The number of carboxylic acids is 2. The molecule has 0 aromatic heterocycles. The number of likely N-dealkylation sites (N-methyl/N-ethyl adjacent to an activating group) is 1. The molecule has 0 aliphatic carbocycles. The number of alkyl halides is 3. The molecule has 2 heterocycles. The van der Waals surface area contributed by atoms with E-state index in [2.05, 4.69) is 18.7 Å². The highest BCUT2D eigenvalue weighted by Crippen LogP contribution is 2.30. The van der Waals surface area contributed by atoms with Gasteiger partial charge in [0.05, 0.1) is 16.7 Å². The Morgan fingerprint density at radius 2 is 1.23 bits per heavy atom. The number of ether oxygens (including phenoxy) is 2. The fraction of sp³-hybridized carbons (Fsp3) is 0.452. The fourth-order valence-electron chi connectivity index (χ4n) is 6.89. The van der Waals surface area contributed by atoms with E-state index in [0.29, 0.717) is 12.3 Å². The number of hydrogen-bond acceptors (Lipinski definition) is 8. The van der Waals surface area contributed by atoms with Crippen molar-refractivity contribution >= 4 is 29.9 Å². The Morgan fingerprint density at radius 1 is 0.737 bits per heavy atom. The van der Waals surface area contributed by atoms with E-state index in [0.717, 1.165) is 76.6 Å². The Morgan fingerprint density at radius 3 is 1.68 bits per heavy atom. The van der Waals surface area contributed by atoms with E-state index in [-0.39, 0.29) is 23.2 Å². The summed E-state index contributed by atoms with van der Waals surface area (Å²) >= 11 is 0. The van der Waals surface area contributed by atoms with Crippen LogP contribution in [0.1, 0.15) is 77.8 Å². The third-order valence-corrected chi connectivity index (χ3v) is 10.1. The molecule has 0 spiro atoms. The summed E-state index contributed by atoms with van der Waals surface area (Å²) in [5.41, 5.74) is 0.197. The van der Waals surface area contributed by atoms with Crippen LogP contribution in [0.15, 0.2) is 84.9 Å². The van der Waals surface area contributed by atoms with E-state index in [1.165, 1.54) is 67.1 Å². The molecule has 3 atom stereocenters. The van der Waals surface area contributed by atoms with Crippen molar-refractivity contribution < 1.29 is 56.8 Å². The molecule has 5 rings (SSSR count). The van der Waals surface area contributed by atoms with E-state index in [9.17, 15) is 47.4 Å². The average molecular weight is 798 g/mol. The van der Waals surface area contributed by atoms with Crippen molar-refractivity contribution in [2.45, 2.75) is 76.8 Å². The van der Waals surface area contributed by atoms with Crippen LogP contribution < -0.4 is 0 Å². The van der Waals surface area contributed by atoms with Crippen molar-refractivity contribution in [2.24, 2.45) is 5.92 Å². The predicted octanol–water partition coefficient (Wildman–Crippen LogP) is 6.88. The van der Waals surface area contributed by atoms with Crippen LogP contribution in [0.4, 0.5) is 18.0 Å². The first kappa shape index (κ1) is 44.3. The molecule has 2 N–H and O–H groups in total. The molecule has 57 heavy (non-hydrogen) atoms. The Hall–Kier alpha value is -5.44. The summed E-state index contributed by atoms with van der Waals surface area (Å²) in [4.78, 5) is 65.9. The van der Waals surface area contributed by atoms with Gasteiger partial charge in [-0.05, 0) is 93.8 Å². The predicted molar refractivity (Wildman–Crippen MR) is 204 cm³/mol. The number of benzene rings is 3. The first-order valence-corrected chi connectivity index (χ1v) is 19.1. The lowest BCUT2D eigenvalue weighted by Gasteiger charge is -2.39. The molecule has 2 aliphatic rings. The van der Waals surface area contributed by atoms with Gasteiger partial charge in [0, 0.05) is 38.8 Å². The highest BCUT2D eigenvalue weighted by Gasteiger charge is 2.41. The van der Waals surface area contributed by atoms with Crippen LogP contribution in [0, 0.1) is 5.92 Å². The molecule has 15 heteroatoms. The van der Waals surface area contributed by atoms with Crippen LogP contribution in [0.3, 0.4) is 0 Å². The second kappa shape index (κ2) is 21.2. The summed E-state index contributed by atoms with van der Waals surface area (Å²) in [6.07, 6.45) is -2.71. The SMILES string of the molecule is CCN(CC1CCN(C(=O)N2CCCCC2)CC1)C(C)Cc1cccc(C(F)(F)F)c1.O=C(O[C@@H](C(=O)O)[C@@H](OC(=O)c1ccccc1)C(=O)O)c1ccccc1. The summed E-state index contributed by atoms with van der Waals surface area (Å²) in [6.45, 7) is 9.38. The molecule has 3 aromatic rings. The summed E-state index contributed by atoms with van der Waals surface area (Å²) in [5, 5.41) is 18.5. The van der Waals surface area contributed by atoms with Gasteiger partial charge in [0.2, 0.25) is 12.2 Å². The van der Waals surface area contributed by atoms with Gasteiger partial charge in [0.1, 0.15) is 0 Å². The Balaban J connectivity index is 0.000000257. The standard InChI is InChI=1S/C24H36F3N3O.C18H14O8/c1-3-28(19(2)16-21-8-7-9-22(17-21)24(25,26)27)18-20-10-14-30(15-11-20)23(31)29-12-5-4-6-13-29;19-15(20)13(25-17(23)11-7-3-1-4-8-11)14(16(21)22)26-18(24)12-9-5-2-6-10-12/h7-9,17,19-20H,3-6,10-16,18H2,1-2H3;1-10,13-14H,(H,19,20)(H,21,22)/t;13-,14-/m.1/s1. The summed E-state index contributed by atoms with van der Waals surface area (Å²) < 4.78 is 48.5. The van der Waals surface area contributed by atoms with Crippen LogP contribution in [0.25, 0.3) is 0 Å². The zero-order chi connectivity index (χ0) is 41.5. The van der Waals surface area contributed by atoms with Gasteiger partial charge >= 0.3 is 36.1 Å². The maximum Gasteiger partial charge on any atom is 0.416 e. The molecule has 2 aliphatic heterocycles. The first-order chi connectivity index (χ1) is 27.2. The first-order valence-electron chi connectivity index (χ1n) is 19.1. The third kappa shape index (κ3) is 13.3. The minimum Gasteiger partial charge on any atom is -0.478 e. The van der Waals surface area contributed by atoms with Gasteiger partial charge in [-0.3, -0.25) is 0 Å². The number of aliphatic carboxylic acids is 2. The number of hydrogen-bond donors (Lipinski definition) is 2. The molecule has 2 amide bonds. The highest BCUT2D eigenvalue weighted by molar-refractivity contribution is 5.95. The van der Waals surface area contributed by atoms with Gasteiger partial charge in [-0.15, -0.1) is 0 Å².